The Balaban J connectivity index is 1.41. The summed E-state index contributed by atoms with van der Waals surface area (Å²) in [5, 5.41) is 6.90. The summed E-state index contributed by atoms with van der Waals surface area (Å²) in [6.45, 7) is 4.73. The molecule has 2 aromatic carbocycles. The molecule has 1 fully saturated rings. The second-order valence-electron chi connectivity index (χ2n) is 8.73. The van der Waals surface area contributed by atoms with Crippen LogP contribution >= 0.6 is 0 Å². The van der Waals surface area contributed by atoms with Crippen molar-refractivity contribution in [1.82, 2.24) is 25.0 Å². The number of hydrogen-bond donors (Lipinski definition) is 1. The summed E-state index contributed by atoms with van der Waals surface area (Å²) < 4.78 is 6.40. The first-order valence-corrected chi connectivity index (χ1v) is 11.6. The largest absolute Gasteiger partial charge is 0.467 e. The topological polar surface area (TPSA) is 89.4 Å². The van der Waals surface area contributed by atoms with Gasteiger partial charge in [-0.3, -0.25) is 14.4 Å². The van der Waals surface area contributed by atoms with E-state index >= 15 is 0 Å². The van der Waals surface area contributed by atoms with Crippen LogP contribution in [0.15, 0.2) is 61.2 Å². The van der Waals surface area contributed by atoms with Gasteiger partial charge >= 0.3 is 5.97 Å². The van der Waals surface area contributed by atoms with E-state index in [0.29, 0.717) is 6.54 Å². The van der Waals surface area contributed by atoms with Gasteiger partial charge in [-0.2, -0.15) is 5.10 Å². The highest BCUT2D eigenvalue weighted by molar-refractivity contribution is 5.85. The first-order chi connectivity index (χ1) is 16.5. The molecule has 1 N–H and O–H groups in total. The predicted molar refractivity (Wildman–Crippen MR) is 129 cm³/mol. The summed E-state index contributed by atoms with van der Waals surface area (Å²) in [4.78, 5) is 31.5. The third-order valence-electron chi connectivity index (χ3n) is 6.44. The smallest absolute Gasteiger partial charge is 0.330 e. The Labute approximate surface area is 199 Å². The molecule has 1 aliphatic heterocycles. The summed E-state index contributed by atoms with van der Waals surface area (Å²) >= 11 is 0. The van der Waals surface area contributed by atoms with Crippen LogP contribution in [-0.4, -0.2) is 57.8 Å². The third-order valence-corrected chi connectivity index (χ3v) is 6.44. The molecule has 3 aromatic rings. The van der Waals surface area contributed by atoms with Crippen molar-refractivity contribution in [2.45, 2.75) is 38.9 Å². The molecule has 0 spiro atoms. The number of methoxy groups -OCH3 is 1. The minimum absolute atomic E-state index is 0.130. The quantitative estimate of drug-likeness (QED) is 0.519. The van der Waals surface area contributed by atoms with Gasteiger partial charge in [0.2, 0.25) is 5.91 Å². The van der Waals surface area contributed by atoms with Crippen molar-refractivity contribution in [3.8, 4) is 11.1 Å². The van der Waals surface area contributed by atoms with E-state index in [1.807, 2.05) is 6.07 Å². The van der Waals surface area contributed by atoms with Crippen molar-refractivity contribution >= 4 is 11.9 Å². The van der Waals surface area contributed by atoms with Crippen LogP contribution in [0.4, 0.5) is 0 Å². The Hall–Kier alpha value is -3.52. The van der Waals surface area contributed by atoms with Gasteiger partial charge in [-0.15, -0.1) is 0 Å². The minimum atomic E-state index is -0.806. The van der Waals surface area contributed by atoms with Gasteiger partial charge in [-0.25, -0.2) is 9.78 Å². The maximum atomic E-state index is 13.1. The van der Waals surface area contributed by atoms with Gasteiger partial charge < -0.3 is 10.1 Å². The van der Waals surface area contributed by atoms with Crippen molar-refractivity contribution in [3.05, 3.63) is 72.3 Å². The van der Waals surface area contributed by atoms with Gasteiger partial charge in [0.1, 0.15) is 18.7 Å². The monoisotopic (exact) mass is 461 g/mol. The van der Waals surface area contributed by atoms with Crippen LogP contribution in [0.1, 0.15) is 24.0 Å². The molecule has 8 nitrogen and oxygen atoms in total. The van der Waals surface area contributed by atoms with Crippen LogP contribution in [0.3, 0.4) is 0 Å². The van der Waals surface area contributed by atoms with Gasteiger partial charge in [0, 0.05) is 13.1 Å². The molecule has 1 unspecified atom stereocenters. The number of carbonyl (C=O) groups excluding carboxylic acids is 2. The SMILES string of the molecule is COC(=O)[C@@H](Cn1cncn1)NC(=O)C1CCCN(Cc2cccc(-c3ccccc3)c2C)C1. The van der Waals surface area contributed by atoms with Crippen molar-refractivity contribution in [1.29, 1.82) is 0 Å². The normalized spacial score (nSPS) is 17.2. The van der Waals surface area contributed by atoms with Gasteiger partial charge in [-0.1, -0.05) is 48.5 Å². The standard InChI is InChI=1S/C26H31N5O3/c1-19-21(10-6-12-23(19)20-8-4-3-5-9-20)14-30-13-7-11-22(15-30)25(32)29-24(26(33)34-2)16-31-18-27-17-28-31/h3-6,8-10,12,17-18,22,24H,7,11,13-16H2,1-2H3,(H,29,32)/t22?,24-/m1/s1. The molecule has 0 bridgehead atoms. The van der Waals surface area contributed by atoms with E-state index in [1.165, 1.54) is 46.7 Å². The first kappa shape index (κ1) is 23.6. The zero-order valence-corrected chi connectivity index (χ0v) is 19.7. The zero-order chi connectivity index (χ0) is 23.9. The fraction of sp³-hybridized carbons (Fsp3) is 0.385. The number of rotatable bonds is 8. The molecule has 2 heterocycles. The van der Waals surface area contributed by atoms with Crippen LogP contribution in [0.25, 0.3) is 11.1 Å². The van der Waals surface area contributed by atoms with Crippen molar-refractivity contribution in [2.24, 2.45) is 5.92 Å². The molecule has 0 aliphatic carbocycles. The van der Waals surface area contributed by atoms with E-state index in [-0.39, 0.29) is 18.4 Å². The number of piperidine rings is 1. The third kappa shape index (κ3) is 5.69. The number of hydrogen-bond acceptors (Lipinski definition) is 6. The Kier molecular flexibility index (Phi) is 7.69. The summed E-state index contributed by atoms with van der Waals surface area (Å²) in [5.41, 5.74) is 4.97. The Morgan fingerprint density at radius 1 is 1.18 bits per heavy atom. The van der Waals surface area contributed by atoms with Crippen LogP contribution in [0.2, 0.25) is 0 Å². The first-order valence-electron chi connectivity index (χ1n) is 11.6. The van der Waals surface area contributed by atoms with Crippen molar-refractivity contribution in [2.75, 3.05) is 20.2 Å². The lowest BCUT2D eigenvalue weighted by molar-refractivity contribution is -0.146. The molecule has 34 heavy (non-hydrogen) atoms. The van der Waals surface area contributed by atoms with Crippen LogP contribution in [-0.2, 0) is 27.4 Å². The fourth-order valence-electron chi connectivity index (χ4n) is 4.56. The lowest BCUT2D eigenvalue weighted by atomic mass is 9.94. The molecule has 1 saturated heterocycles. The van der Waals surface area contributed by atoms with E-state index in [2.05, 4.69) is 69.7 Å². The molecule has 4 rings (SSSR count). The molecule has 0 radical (unpaired) electrons. The maximum absolute atomic E-state index is 13.1. The summed E-state index contributed by atoms with van der Waals surface area (Å²) in [6.07, 6.45) is 4.63. The number of ether oxygens (including phenoxy) is 1. The van der Waals surface area contributed by atoms with Crippen LogP contribution in [0.5, 0.6) is 0 Å². The fourth-order valence-corrected chi connectivity index (χ4v) is 4.56. The summed E-state index contributed by atoms with van der Waals surface area (Å²) in [5.74, 6) is -0.811. The molecule has 1 aromatic heterocycles. The molecule has 1 amide bonds. The van der Waals surface area contributed by atoms with E-state index in [1.54, 1.807) is 0 Å². The van der Waals surface area contributed by atoms with E-state index in [4.69, 9.17) is 4.74 Å². The number of benzene rings is 2. The van der Waals surface area contributed by atoms with E-state index in [0.717, 1.165) is 25.9 Å². The molecule has 178 valence electrons. The van der Waals surface area contributed by atoms with Crippen molar-refractivity contribution in [3.63, 3.8) is 0 Å². The minimum Gasteiger partial charge on any atom is -0.467 e. The molecule has 2 atom stereocenters. The molecule has 0 saturated carbocycles. The highest BCUT2D eigenvalue weighted by Gasteiger charge is 2.30. The molecular formula is C26H31N5O3. The number of likely N-dealkylation sites (tertiary alicyclic amines) is 1. The van der Waals surface area contributed by atoms with Gasteiger partial charge in [0.15, 0.2) is 0 Å². The average molecular weight is 462 g/mol. The highest BCUT2D eigenvalue weighted by atomic mass is 16.5. The van der Waals surface area contributed by atoms with Crippen molar-refractivity contribution < 1.29 is 14.3 Å². The zero-order valence-electron chi connectivity index (χ0n) is 19.7. The van der Waals surface area contributed by atoms with Gasteiger partial charge in [0.05, 0.1) is 19.6 Å². The number of aromatic nitrogens is 3. The number of nitrogens with zero attached hydrogens (tertiary/aromatic N) is 4. The lowest BCUT2D eigenvalue weighted by Crippen LogP contribution is -2.50. The van der Waals surface area contributed by atoms with Gasteiger partial charge in [0.25, 0.3) is 0 Å². The highest BCUT2D eigenvalue weighted by Crippen LogP contribution is 2.27. The maximum Gasteiger partial charge on any atom is 0.330 e. The number of amides is 1. The molecular weight excluding hydrogens is 430 g/mol. The van der Waals surface area contributed by atoms with Gasteiger partial charge in [-0.05, 0) is 48.6 Å². The molecule has 1 aliphatic rings. The number of esters is 1. The van der Waals surface area contributed by atoms with Crippen LogP contribution in [0, 0.1) is 12.8 Å². The van der Waals surface area contributed by atoms with E-state index in [9.17, 15) is 9.59 Å². The summed E-state index contributed by atoms with van der Waals surface area (Å²) in [6, 6.07) is 16.0. The lowest BCUT2D eigenvalue weighted by Gasteiger charge is -2.33. The average Bonchev–Trinajstić information content (AvgIpc) is 3.38. The Morgan fingerprint density at radius 2 is 2.00 bits per heavy atom. The number of carbonyl (C=O) groups is 2. The second-order valence-corrected chi connectivity index (χ2v) is 8.73. The van der Waals surface area contributed by atoms with Crippen LogP contribution < -0.4 is 5.32 Å². The predicted octanol–water partition coefficient (Wildman–Crippen LogP) is 2.82. The molecule has 8 heteroatoms. The summed E-state index contributed by atoms with van der Waals surface area (Å²) in [7, 11) is 1.32. The Bertz CT molecular complexity index is 1100. The second kappa shape index (κ2) is 11.1. The Morgan fingerprint density at radius 3 is 2.74 bits per heavy atom. The van der Waals surface area contributed by atoms with E-state index < -0.39 is 12.0 Å². The number of nitrogens with one attached hydrogen (secondary N) is 1.